The molecule has 1 aromatic heterocycles. The van der Waals surface area contributed by atoms with Crippen LogP contribution in [0.15, 0.2) is 18.5 Å². The van der Waals surface area contributed by atoms with Crippen molar-refractivity contribution in [3.05, 3.63) is 18.5 Å². The molecule has 3 unspecified atom stereocenters. The van der Waals surface area contributed by atoms with Gasteiger partial charge in [-0.2, -0.15) is 0 Å². The molecule has 24 heavy (non-hydrogen) atoms. The van der Waals surface area contributed by atoms with Crippen molar-refractivity contribution in [2.24, 2.45) is 0 Å². The minimum absolute atomic E-state index is 0.0968. The second kappa shape index (κ2) is 7.25. The highest BCUT2D eigenvalue weighted by Gasteiger charge is 2.41. The topological polar surface area (TPSA) is 78.4 Å². The first kappa shape index (κ1) is 16.8. The maximum Gasteiger partial charge on any atom is 0.243 e. The highest BCUT2D eigenvalue weighted by molar-refractivity contribution is 5.93. The molecule has 0 saturated carbocycles. The van der Waals surface area contributed by atoms with Crippen molar-refractivity contribution < 1.29 is 9.59 Å². The van der Waals surface area contributed by atoms with Gasteiger partial charge in [0.2, 0.25) is 17.8 Å². The molecule has 130 valence electrons. The predicted molar refractivity (Wildman–Crippen MR) is 90.3 cm³/mol. The zero-order chi connectivity index (χ0) is 17.1. The summed E-state index contributed by atoms with van der Waals surface area (Å²) >= 11 is 0. The van der Waals surface area contributed by atoms with Crippen LogP contribution in [0.4, 0.5) is 5.95 Å². The Balaban J connectivity index is 1.68. The molecule has 0 bridgehead atoms. The largest absolute Gasteiger partial charge is 0.338 e. The number of anilines is 1. The Hall–Kier alpha value is -2.02. The third-order valence-corrected chi connectivity index (χ3v) is 5.17. The van der Waals surface area contributed by atoms with Crippen molar-refractivity contribution in [2.75, 3.05) is 18.4 Å². The van der Waals surface area contributed by atoms with E-state index in [4.69, 9.17) is 0 Å². The van der Waals surface area contributed by atoms with Gasteiger partial charge in [-0.15, -0.1) is 0 Å². The van der Waals surface area contributed by atoms with Crippen LogP contribution in [0.2, 0.25) is 0 Å². The lowest BCUT2D eigenvalue weighted by atomic mass is 10.0. The second-order valence-electron chi connectivity index (χ2n) is 6.61. The zero-order valence-corrected chi connectivity index (χ0v) is 14.3. The van der Waals surface area contributed by atoms with E-state index in [0.717, 1.165) is 38.8 Å². The highest BCUT2D eigenvalue weighted by atomic mass is 16.2. The van der Waals surface area contributed by atoms with Gasteiger partial charge in [0.15, 0.2) is 0 Å². The fourth-order valence-corrected chi connectivity index (χ4v) is 4.02. The minimum atomic E-state index is -0.268. The maximum atomic E-state index is 12.6. The van der Waals surface area contributed by atoms with Gasteiger partial charge in [-0.3, -0.25) is 19.8 Å². The lowest BCUT2D eigenvalue weighted by Crippen LogP contribution is -2.53. The molecular weight excluding hydrogens is 306 g/mol. The summed E-state index contributed by atoms with van der Waals surface area (Å²) in [5, 5.41) is 2.78. The predicted octanol–water partition coefficient (Wildman–Crippen LogP) is 1.28. The van der Waals surface area contributed by atoms with E-state index in [-0.39, 0.29) is 29.9 Å². The standard InChI is InChI=1S/C17H25N5O2/c1-12(16(24)20-17-18-8-5-9-19-17)21-10-3-6-14(21)15-7-4-11-22(15)13(2)23/h5,8-9,12,14-15H,3-4,6-7,10-11H2,1-2H3,(H,18,19,20,24). The molecule has 0 aromatic carbocycles. The number of hydrogen-bond acceptors (Lipinski definition) is 5. The molecule has 0 spiro atoms. The molecule has 2 amide bonds. The Labute approximate surface area is 142 Å². The summed E-state index contributed by atoms with van der Waals surface area (Å²) in [5.41, 5.74) is 0. The number of hydrogen-bond donors (Lipinski definition) is 1. The van der Waals surface area contributed by atoms with Gasteiger partial charge in [0, 0.05) is 37.9 Å². The highest BCUT2D eigenvalue weighted by Crippen LogP contribution is 2.31. The molecule has 1 aromatic rings. The summed E-state index contributed by atoms with van der Waals surface area (Å²) in [6, 6.07) is 1.93. The Kier molecular flexibility index (Phi) is 5.08. The Morgan fingerprint density at radius 2 is 1.83 bits per heavy atom. The van der Waals surface area contributed by atoms with Crippen LogP contribution in [0.25, 0.3) is 0 Å². The number of rotatable bonds is 4. The minimum Gasteiger partial charge on any atom is -0.338 e. The summed E-state index contributed by atoms with van der Waals surface area (Å²) in [6.45, 7) is 5.28. The summed E-state index contributed by atoms with van der Waals surface area (Å²) in [6.07, 6.45) is 7.38. The van der Waals surface area contributed by atoms with Crippen LogP contribution in [-0.4, -0.2) is 62.8 Å². The van der Waals surface area contributed by atoms with E-state index in [2.05, 4.69) is 20.2 Å². The Morgan fingerprint density at radius 3 is 2.54 bits per heavy atom. The number of likely N-dealkylation sites (tertiary alicyclic amines) is 2. The van der Waals surface area contributed by atoms with E-state index in [1.807, 2.05) is 11.8 Å². The van der Waals surface area contributed by atoms with Crippen LogP contribution < -0.4 is 5.32 Å². The SMILES string of the molecule is CC(=O)N1CCCC1C1CCCN1C(C)C(=O)Nc1ncccn1. The van der Waals surface area contributed by atoms with Crippen molar-refractivity contribution in [1.82, 2.24) is 19.8 Å². The van der Waals surface area contributed by atoms with E-state index in [1.165, 1.54) is 0 Å². The number of nitrogens with zero attached hydrogens (tertiary/aromatic N) is 4. The quantitative estimate of drug-likeness (QED) is 0.899. The van der Waals surface area contributed by atoms with Crippen molar-refractivity contribution in [3.63, 3.8) is 0 Å². The molecular formula is C17H25N5O2. The molecule has 2 fully saturated rings. The molecule has 1 N–H and O–H groups in total. The fourth-order valence-electron chi connectivity index (χ4n) is 4.02. The van der Waals surface area contributed by atoms with Crippen LogP contribution in [-0.2, 0) is 9.59 Å². The summed E-state index contributed by atoms with van der Waals surface area (Å²) in [4.78, 5) is 36.7. The first-order chi connectivity index (χ1) is 11.6. The van der Waals surface area contributed by atoms with Gasteiger partial charge >= 0.3 is 0 Å². The zero-order valence-electron chi connectivity index (χ0n) is 14.3. The molecule has 3 rings (SSSR count). The normalized spacial score (nSPS) is 25.7. The molecule has 0 aliphatic carbocycles. The van der Waals surface area contributed by atoms with E-state index in [1.54, 1.807) is 25.4 Å². The van der Waals surface area contributed by atoms with Gasteiger partial charge in [-0.25, -0.2) is 9.97 Å². The molecule has 7 heteroatoms. The van der Waals surface area contributed by atoms with Crippen LogP contribution >= 0.6 is 0 Å². The maximum absolute atomic E-state index is 12.6. The number of aromatic nitrogens is 2. The summed E-state index contributed by atoms with van der Waals surface area (Å²) in [7, 11) is 0. The van der Waals surface area contributed by atoms with E-state index in [0.29, 0.717) is 5.95 Å². The van der Waals surface area contributed by atoms with Gasteiger partial charge in [0.05, 0.1) is 6.04 Å². The Morgan fingerprint density at radius 1 is 1.17 bits per heavy atom. The average molecular weight is 331 g/mol. The molecule has 2 aliphatic heterocycles. The lowest BCUT2D eigenvalue weighted by Gasteiger charge is -2.37. The monoisotopic (exact) mass is 331 g/mol. The number of amides is 2. The summed E-state index contributed by atoms with van der Waals surface area (Å²) < 4.78 is 0. The molecule has 0 radical (unpaired) electrons. The van der Waals surface area contributed by atoms with Crippen molar-refractivity contribution in [2.45, 2.75) is 57.7 Å². The molecule has 7 nitrogen and oxygen atoms in total. The van der Waals surface area contributed by atoms with Crippen LogP contribution in [0, 0.1) is 0 Å². The van der Waals surface area contributed by atoms with Gasteiger partial charge in [0.25, 0.3) is 0 Å². The van der Waals surface area contributed by atoms with Gasteiger partial charge in [0.1, 0.15) is 0 Å². The van der Waals surface area contributed by atoms with E-state index >= 15 is 0 Å². The van der Waals surface area contributed by atoms with Crippen molar-refractivity contribution in [1.29, 1.82) is 0 Å². The third-order valence-electron chi connectivity index (χ3n) is 5.17. The Bertz CT molecular complexity index is 594. The van der Waals surface area contributed by atoms with E-state index < -0.39 is 0 Å². The van der Waals surface area contributed by atoms with Crippen molar-refractivity contribution >= 4 is 17.8 Å². The smallest absolute Gasteiger partial charge is 0.243 e. The summed E-state index contributed by atoms with van der Waals surface area (Å²) in [5.74, 6) is 0.371. The second-order valence-corrected chi connectivity index (χ2v) is 6.61. The van der Waals surface area contributed by atoms with Crippen LogP contribution in [0.1, 0.15) is 39.5 Å². The third kappa shape index (κ3) is 3.40. The van der Waals surface area contributed by atoms with Crippen LogP contribution in [0.5, 0.6) is 0 Å². The van der Waals surface area contributed by atoms with Gasteiger partial charge < -0.3 is 4.90 Å². The molecule has 3 atom stereocenters. The average Bonchev–Trinajstić information content (AvgIpc) is 3.23. The number of carbonyl (C=O) groups excluding carboxylic acids is 2. The van der Waals surface area contributed by atoms with Crippen molar-refractivity contribution in [3.8, 4) is 0 Å². The molecule has 2 saturated heterocycles. The molecule has 2 aliphatic rings. The van der Waals surface area contributed by atoms with Crippen LogP contribution in [0.3, 0.4) is 0 Å². The van der Waals surface area contributed by atoms with Gasteiger partial charge in [-0.05, 0) is 45.2 Å². The first-order valence-corrected chi connectivity index (χ1v) is 8.69. The van der Waals surface area contributed by atoms with Gasteiger partial charge in [-0.1, -0.05) is 0 Å². The number of carbonyl (C=O) groups is 2. The van der Waals surface area contributed by atoms with E-state index in [9.17, 15) is 9.59 Å². The number of nitrogens with one attached hydrogen (secondary N) is 1. The molecule has 3 heterocycles. The fraction of sp³-hybridized carbons (Fsp3) is 0.647. The lowest BCUT2D eigenvalue weighted by molar-refractivity contribution is -0.131. The first-order valence-electron chi connectivity index (χ1n) is 8.69.